The Morgan fingerprint density at radius 2 is 1.93 bits per heavy atom. The van der Waals surface area contributed by atoms with E-state index in [4.69, 9.17) is 15.3 Å². The molecule has 0 spiro atoms. The minimum Gasteiger partial charge on any atom is -0.493 e. The van der Waals surface area contributed by atoms with Gasteiger partial charge in [0.25, 0.3) is 5.91 Å². The smallest absolute Gasteiger partial charge is 0.278 e. The van der Waals surface area contributed by atoms with E-state index in [9.17, 15) is 4.79 Å². The van der Waals surface area contributed by atoms with Crippen LogP contribution < -0.4 is 25.6 Å². The molecule has 1 aliphatic rings. The molecule has 0 unspecified atom stereocenters. The minimum absolute atomic E-state index is 0.327. The number of fused-ring (bicyclic) bond motifs is 1. The Bertz CT molecular complexity index is 1100. The fourth-order valence-electron chi connectivity index (χ4n) is 3.72. The Hall–Kier alpha value is -3.39. The number of carbonyl (C=O) groups is 1. The van der Waals surface area contributed by atoms with Crippen molar-refractivity contribution in [3.05, 3.63) is 48.3 Å². The number of aryl methyl sites for hydroxylation is 1. The molecule has 2 aromatic carbocycles. The van der Waals surface area contributed by atoms with E-state index in [0.717, 1.165) is 28.8 Å². The zero-order valence-electron chi connectivity index (χ0n) is 17.3. The minimum atomic E-state index is -0.961. The van der Waals surface area contributed by atoms with Crippen LogP contribution in [0.3, 0.4) is 0 Å². The van der Waals surface area contributed by atoms with Crippen LogP contribution in [-0.4, -0.2) is 35.6 Å². The van der Waals surface area contributed by atoms with Gasteiger partial charge in [0.1, 0.15) is 11.6 Å². The summed E-state index contributed by atoms with van der Waals surface area (Å²) in [5.41, 5.74) is 2.99. The topological polar surface area (TPSA) is 103 Å². The quantitative estimate of drug-likeness (QED) is 0.368. The average Bonchev–Trinajstić information content (AvgIpc) is 2.74. The number of anilines is 2. The number of aromatic nitrogens is 2. The fraction of sp³-hybridized carbons (Fsp3) is 0.318. The van der Waals surface area contributed by atoms with Crippen LogP contribution in [0.1, 0.15) is 25.1 Å². The lowest BCUT2D eigenvalue weighted by atomic mass is 9.79. The van der Waals surface area contributed by atoms with Gasteiger partial charge in [0.2, 0.25) is 0 Å². The predicted molar refractivity (Wildman–Crippen MR) is 115 cm³/mol. The third-order valence-corrected chi connectivity index (χ3v) is 5.56. The van der Waals surface area contributed by atoms with E-state index in [1.54, 1.807) is 7.11 Å². The lowest BCUT2D eigenvalue weighted by Gasteiger charge is -2.40. The van der Waals surface area contributed by atoms with Gasteiger partial charge in [0.05, 0.1) is 12.6 Å². The van der Waals surface area contributed by atoms with E-state index >= 15 is 0 Å². The summed E-state index contributed by atoms with van der Waals surface area (Å²) in [6, 6.07) is 13.5. The van der Waals surface area contributed by atoms with Crippen LogP contribution >= 0.6 is 0 Å². The van der Waals surface area contributed by atoms with Crippen LogP contribution in [0, 0.1) is 6.92 Å². The lowest BCUT2D eigenvalue weighted by molar-refractivity contribution is -0.144. The first-order chi connectivity index (χ1) is 14.5. The summed E-state index contributed by atoms with van der Waals surface area (Å²) in [6.07, 6.45) is 2.12. The molecule has 0 aliphatic heterocycles. The maximum Gasteiger partial charge on any atom is 0.278 e. The van der Waals surface area contributed by atoms with Crippen LogP contribution in [-0.2, 0) is 4.79 Å². The molecule has 3 aromatic rings. The molecule has 3 N–H and O–H groups in total. The number of hydrogen-bond donors (Lipinski definition) is 2. The first-order valence-electron chi connectivity index (χ1n) is 9.82. The van der Waals surface area contributed by atoms with Crippen molar-refractivity contribution in [3.8, 4) is 11.5 Å². The number of hydrazine groups is 1. The zero-order chi connectivity index (χ0) is 21.3. The van der Waals surface area contributed by atoms with E-state index < -0.39 is 5.60 Å². The summed E-state index contributed by atoms with van der Waals surface area (Å²) in [5, 5.41) is 0.946. The van der Waals surface area contributed by atoms with Crippen molar-refractivity contribution >= 4 is 28.3 Å². The monoisotopic (exact) mass is 407 g/mol. The summed E-state index contributed by atoms with van der Waals surface area (Å²) in [4.78, 5) is 23.5. The third-order valence-electron chi connectivity index (χ3n) is 5.56. The molecule has 8 nitrogen and oxygen atoms in total. The molecule has 1 saturated carbocycles. The second-order valence-electron chi connectivity index (χ2n) is 7.43. The molecule has 0 bridgehead atoms. The van der Waals surface area contributed by atoms with Gasteiger partial charge in [0.15, 0.2) is 17.1 Å². The number of methoxy groups -OCH3 is 1. The van der Waals surface area contributed by atoms with Gasteiger partial charge in [-0.2, -0.15) is 0 Å². The molecular formula is C22H25N5O3. The molecule has 1 heterocycles. The number of hydrogen-bond acceptors (Lipinski definition) is 7. The second-order valence-corrected chi connectivity index (χ2v) is 7.43. The highest BCUT2D eigenvalue weighted by Crippen LogP contribution is 2.42. The van der Waals surface area contributed by atoms with Gasteiger partial charge >= 0.3 is 0 Å². The number of benzene rings is 2. The Morgan fingerprint density at radius 1 is 1.17 bits per heavy atom. The van der Waals surface area contributed by atoms with Crippen LogP contribution in [0.4, 0.5) is 11.5 Å². The number of rotatable bonds is 6. The predicted octanol–water partition coefficient (Wildman–Crippen LogP) is 3.01. The summed E-state index contributed by atoms with van der Waals surface area (Å²) >= 11 is 0. The Balaban J connectivity index is 1.74. The molecule has 1 aromatic heterocycles. The van der Waals surface area contributed by atoms with Gasteiger partial charge in [-0.3, -0.25) is 10.2 Å². The molecule has 1 fully saturated rings. The van der Waals surface area contributed by atoms with Gasteiger partial charge in [-0.05, 0) is 50.5 Å². The SMILES string of the molecule is COc1ccc(N(C)c2nc(C)nc3ccccc23)cc1OC1(C(=O)NN)CCC1. The Kier molecular flexibility index (Phi) is 5.17. The molecular weight excluding hydrogens is 382 g/mol. The second kappa shape index (κ2) is 7.79. The van der Waals surface area contributed by atoms with Crippen LogP contribution in [0.5, 0.6) is 11.5 Å². The highest BCUT2D eigenvalue weighted by molar-refractivity contribution is 5.91. The van der Waals surface area contributed by atoms with Gasteiger partial charge in [-0.1, -0.05) is 12.1 Å². The summed E-state index contributed by atoms with van der Waals surface area (Å²) in [7, 11) is 3.51. The van der Waals surface area contributed by atoms with Crippen molar-refractivity contribution in [1.29, 1.82) is 0 Å². The standard InChI is InChI=1S/C22H25N5O3/c1-14-24-17-8-5-4-7-16(17)20(25-14)27(2)15-9-10-18(29-3)19(13-15)30-22(11-6-12-22)21(28)26-23/h4-5,7-10,13H,6,11-12,23H2,1-3H3,(H,26,28). The van der Waals surface area contributed by atoms with E-state index in [-0.39, 0.29) is 5.91 Å². The summed E-state index contributed by atoms with van der Waals surface area (Å²) < 4.78 is 11.6. The number of nitrogens with one attached hydrogen (secondary N) is 1. The number of amides is 1. The van der Waals surface area contributed by atoms with Gasteiger partial charge < -0.3 is 14.4 Å². The number of carbonyl (C=O) groups excluding carboxylic acids is 1. The Labute approximate surface area is 175 Å². The van der Waals surface area contributed by atoms with Crippen LogP contribution in [0.15, 0.2) is 42.5 Å². The normalized spacial score (nSPS) is 14.7. The van der Waals surface area contributed by atoms with E-state index in [1.807, 2.05) is 61.3 Å². The molecule has 4 rings (SSSR count). The molecule has 0 atom stereocenters. The first kappa shape index (κ1) is 19.9. The largest absolute Gasteiger partial charge is 0.493 e. The molecule has 30 heavy (non-hydrogen) atoms. The van der Waals surface area contributed by atoms with Gasteiger partial charge in [-0.25, -0.2) is 15.8 Å². The van der Waals surface area contributed by atoms with Crippen molar-refractivity contribution < 1.29 is 14.3 Å². The third kappa shape index (κ3) is 3.39. The highest BCUT2D eigenvalue weighted by atomic mass is 16.5. The van der Waals surface area contributed by atoms with Crippen molar-refractivity contribution in [2.75, 3.05) is 19.1 Å². The highest BCUT2D eigenvalue weighted by Gasteiger charge is 2.47. The van der Waals surface area contributed by atoms with Crippen molar-refractivity contribution in [3.63, 3.8) is 0 Å². The van der Waals surface area contributed by atoms with Crippen molar-refractivity contribution in [1.82, 2.24) is 15.4 Å². The average molecular weight is 407 g/mol. The molecule has 1 amide bonds. The van der Waals surface area contributed by atoms with E-state index in [0.29, 0.717) is 30.2 Å². The number of nitrogens with two attached hydrogens (primary N) is 1. The number of nitrogens with zero attached hydrogens (tertiary/aromatic N) is 3. The number of ether oxygens (including phenoxy) is 2. The number of para-hydroxylation sites is 1. The molecule has 8 heteroatoms. The van der Waals surface area contributed by atoms with Crippen LogP contribution in [0.2, 0.25) is 0 Å². The van der Waals surface area contributed by atoms with E-state index in [2.05, 4.69) is 15.4 Å². The first-order valence-corrected chi connectivity index (χ1v) is 9.82. The van der Waals surface area contributed by atoms with Crippen LogP contribution in [0.25, 0.3) is 10.9 Å². The summed E-state index contributed by atoms with van der Waals surface area (Å²) in [6.45, 7) is 1.87. The zero-order valence-corrected chi connectivity index (χ0v) is 17.3. The Morgan fingerprint density at radius 3 is 2.60 bits per heavy atom. The van der Waals surface area contributed by atoms with Gasteiger partial charge in [0, 0.05) is 24.2 Å². The molecule has 0 saturated heterocycles. The molecule has 1 aliphatic carbocycles. The van der Waals surface area contributed by atoms with Crippen molar-refractivity contribution in [2.24, 2.45) is 5.84 Å². The fourth-order valence-corrected chi connectivity index (χ4v) is 3.72. The molecule has 156 valence electrons. The maximum atomic E-state index is 12.3. The lowest BCUT2D eigenvalue weighted by Crippen LogP contribution is -2.57. The maximum absolute atomic E-state index is 12.3. The summed E-state index contributed by atoms with van der Waals surface area (Å²) in [5.74, 6) is 7.56. The van der Waals surface area contributed by atoms with Crippen molar-refractivity contribution in [2.45, 2.75) is 31.8 Å². The van der Waals surface area contributed by atoms with E-state index in [1.165, 1.54) is 0 Å². The molecule has 0 radical (unpaired) electrons. The van der Waals surface area contributed by atoms with Gasteiger partial charge in [-0.15, -0.1) is 0 Å².